The minimum atomic E-state index is -1.27. The van der Waals surface area contributed by atoms with E-state index in [2.05, 4.69) is 15.3 Å². The summed E-state index contributed by atoms with van der Waals surface area (Å²) in [6.07, 6.45) is 4.64. The van der Waals surface area contributed by atoms with Gasteiger partial charge in [-0.15, -0.1) is 0 Å². The normalized spacial score (nSPS) is 17.1. The lowest BCUT2D eigenvalue weighted by Gasteiger charge is -2.43. The van der Waals surface area contributed by atoms with Crippen LogP contribution in [0.2, 0.25) is 0 Å². The van der Waals surface area contributed by atoms with E-state index in [1.807, 2.05) is 30.3 Å². The minimum Gasteiger partial charge on any atom is -0.496 e. The summed E-state index contributed by atoms with van der Waals surface area (Å²) in [6.45, 7) is 2.14. The monoisotopic (exact) mass is 463 g/mol. The van der Waals surface area contributed by atoms with Gasteiger partial charge >= 0.3 is 5.97 Å². The van der Waals surface area contributed by atoms with Crippen LogP contribution < -0.4 is 10.1 Å². The van der Waals surface area contributed by atoms with E-state index in [9.17, 15) is 14.4 Å². The maximum absolute atomic E-state index is 13.7. The molecular formula is C24H25N5O5. The van der Waals surface area contributed by atoms with Gasteiger partial charge in [-0.05, 0) is 24.6 Å². The Hall–Kier alpha value is -4.21. The third-order valence-electron chi connectivity index (χ3n) is 5.92. The average Bonchev–Trinajstić information content (AvgIpc) is 3.29. The molecule has 1 atom stereocenters. The molecule has 4 rings (SSSR count). The van der Waals surface area contributed by atoms with Crippen LogP contribution in [0.1, 0.15) is 39.0 Å². The lowest BCUT2D eigenvalue weighted by molar-refractivity contribution is -0.133. The summed E-state index contributed by atoms with van der Waals surface area (Å²) >= 11 is 0. The van der Waals surface area contributed by atoms with Gasteiger partial charge in [0.1, 0.15) is 17.0 Å². The van der Waals surface area contributed by atoms with Gasteiger partial charge in [-0.25, -0.2) is 9.78 Å². The first-order valence-electron chi connectivity index (χ1n) is 10.6. The van der Waals surface area contributed by atoms with Crippen LogP contribution in [0.3, 0.4) is 0 Å². The number of pyridine rings is 1. The van der Waals surface area contributed by atoms with Gasteiger partial charge in [0.25, 0.3) is 5.91 Å². The number of hydrogen-bond acceptors (Lipinski definition) is 7. The highest BCUT2D eigenvalue weighted by Crippen LogP contribution is 2.31. The van der Waals surface area contributed by atoms with Crippen molar-refractivity contribution in [3.05, 3.63) is 77.6 Å². The van der Waals surface area contributed by atoms with Crippen LogP contribution >= 0.6 is 0 Å². The van der Waals surface area contributed by atoms with Crippen LogP contribution in [-0.2, 0) is 29.2 Å². The van der Waals surface area contributed by atoms with Crippen molar-refractivity contribution in [2.24, 2.45) is 0 Å². The Kier molecular flexibility index (Phi) is 6.31. The van der Waals surface area contributed by atoms with Crippen molar-refractivity contribution < 1.29 is 23.9 Å². The zero-order valence-electron chi connectivity index (χ0n) is 19.1. The number of imidazole rings is 1. The number of amides is 2. The Morgan fingerprint density at radius 2 is 1.97 bits per heavy atom. The molecule has 0 saturated carbocycles. The van der Waals surface area contributed by atoms with Crippen LogP contribution in [0.4, 0.5) is 0 Å². The van der Waals surface area contributed by atoms with Gasteiger partial charge < -0.3 is 24.3 Å². The van der Waals surface area contributed by atoms with Crippen molar-refractivity contribution in [1.29, 1.82) is 0 Å². The number of fused-ring (bicyclic) bond motifs is 1. The number of nitrogens with zero attached hydrogens (tertiary/aromatic N) is 4. The van der Waals surface area contributed by atoms with Crippen molar-refractivity contribution in [3.63, 3.8) is 0 Å². The second kappa shape index (κ2) is 9.34. The Labute approximate surface area is 196 Å². The first-order chi connectivity index (χ1) is 16.4. The second-order valence-electron chi connectivity index (χ2n) is 8.08. The number of rotatable bonds is 7. The number of carbonyl (C=O) groups is 3. The van der Waals surface area contributed by atoms with E-state index >= 15 is 0 Å². The summed E-state index contributed by atoms with van der Waals surface area (Å²) in [7, 11) is 2.79. The number of benzene rings is 1. The molecule has 1 aromatic carbocycles. The van der Waals surface area contributed by atoms with Crippen LogP contribution in [0, 0.1) is 0 Å². The molecular weight excluding hydrogens is 438 g/mol. The summed E-state index contributed by atoms with van der Waals surface area (Å²) in [5, 5.41) is 2.94. The van der Waals surface area contributed by atoms with Crippen molar-refractivity contribution in [2.45, 2.75) is 32.1 Å². The van der Waals surface area contributed by atoms with Gasteiger partial charge in [0.05, 0.1) is 27.1 Å². The molecule has 10 nitrogen and oxygen atoms in total. The molecule has 34 heavy (non-hydrogen) atoms. The fraction of sp³-hybridized carbons (Fsp3) is 0.292. The standard InChI is InChI=1S/C24H25N5O5/c1-24(23(32)26-12-17-8-4-5-9-18(17)33-2)14-28-15-27-19(22(31)34-3)20(28)21(30)29(24)13-16-7-6-10-25-11-16/h4-11,15H,12-14H2,1-3H3,(H,26,32)/t24-/m0/s1. The maximum Gasteiger partial charge on any atom is 0.359 e. The third kappa shape index (κ3) is 4.09. The highest BCUT2D eigenvalue weighted by atomic mass is 16.5. The Balaban J connectivity index is 1.69. The summed E-state index contributed by atoms with van der Waals surface area (Å²) in [4.78, 5) is 49.1. The molecule has 1 aliphatic rings. The molecule has 176 valence electrons. The van der Waals surface area contributed by atoms with Crippen molar-refractivity contribution in [3.8, 4) is 5.75 Å². The fourth-order valence-corrected chi connectivity index (χ4v) is 4.07. The summed E-state index contributed by atoms with van der Waals surface area (Å²) < 4.78 is 11.7. The summed E-state index contributed by atoms with van der Waals surface area (Å²) in [6, 6.07) is 11.0. The minimum absolute atomic E-state index is 0.0832. The zero-order chi connectivity index (χ0) is 24.3. The maximum atomic E-state index is 13.7. The molecule has 0 fully saturated rings. The van der Waals surface area contributed by atoms with Crippen LogP contribution in [0.25, 0.3) is 0 Å². The van der Waals surface area contributed by atoms with E-state index in [0.29, 0.717) is 5.75 Å². The van der Waals surface area contributed by atoms with E-state index in [0.717, 1.165) is 11.1 Å². The number of aromatic nitrogens is 3. The molecule has 0 bridgehead atoms. The SMILES string of the molecule is COC(=O)c1ncn2c1C(=O)N(Cc1cccnc1)[C@](C)(C(=O)NCc1ccccc1OC)C2. The van der Waals surface area contributed by atoms with Crippen LogP contribution in [0.5, 0.6) is 5.75 Å². The number of methoxy groups -OCH3 is 2. The number of nitrogens with one attached hydrogen (secondary N) is 1. The molecule has 3 heterocycles. The number of ether oxygens (including phenoxy) is 2. The van der Waals surface area contributed by atoms with E-state index in [-0.39, 0.29) is 36.9 Å². The van der Waals surface area contributed by atoms with E-state index in [1.165, 1.54) is 22.9 Å². The van der Waals surface area contributed by atoms with Gasteiger partial charge in [0, 0.05) is 31.0 Å². The Bertz CT molecular complexity index is 1230. The molecule has 2 amide bonds. The molecule has 0 aliphatic carbocycles. The lowest BCUT2D eigenvalue weighted by atomic mass is 9.93. The third-order valence-corrected chi connectivity index (χ3v) is 5.92. The second-order valence-corrected chi connectivity index (χ2v) is 8.08. The molecule has 1 aliphatic heterocycles. The van der Waals surface area contributed by atoms with Crippen molar-refractivity contribution in [2.75, 3.05) is 14.2 Å². The number of hydrogen-bond donors (Lipinski definition) is 1. The molecule has 0 spiro atoms. The lowest BCUT2D eigenvalue weighted by Crippen LogP contribution is -2.63. The zero-order valence-corrected chi connectivity index (χ0v) is 19.1. The predicted octanol–water partition coefficient (Wildman–Crippen LogP) is 1.80. The number of carbonyl (C=O) groups excluding carboxylic acids is 3. The molecule has 10 heteroatoms. The predicted molar refractivity (Wildman–Crippen MR) is 121 cm³/mol. The van der Waals surface area contributed by atoms with Gasteiger partial charge in [-0.1, -0.05) is 24.3 Å². The highest BCUT2D eigenvalue weighted by molar-refractivity contribution is 6.06. The highest BCUT2D eigenvalue weighted by Gasteiger charge is 2.49. The molecule has 1 N–H and O–H groups in total. The van der Waals surface area contributed by atoms with Gasteiger partial charge in [-0.3, -0.25) is 14.6 Å². The molecule has 0 radical (unpaired) electrons. The first-order valence-corrected chi connectivity index (χ1v) is 10.6. The largest absolute Gasteiger partial charge is 0.496 e. The van der Waals surface area contributed by atoms with Crippen molar-refractivity contribution in [1.82, 2.24) is 24.8 Å². The Morgan fingerprint density at radius 3 is 2.68 bits per heavy atom. The summed E-state index contributed by atoms with van der Waals surface area (Å²) in [5.74, 6) is -0.912. The van der Waals surface area contributed by atoms with Crippen molar-refractivity contribution >= 4 is 17.8 Å². The number of esters is 1. The quantitative estimate of drug-likeness (QED) is 0.531. The molecule has 2 aromatic heterocycles. The van der Waals surface area contributed by atoms with Gasteiger partial charge in [0.2, 0.25) is 5.91 Å². The van der Waals surface area contributed by atoms with Gasteiger partial charge in [-0.2, -0.15) is 0 Å². The smallest absolute Gasteiger partial charge is 0.359 e. The first kappa shape index (κ1) is 23.0. The number of para-hydroxylation sites is 1. The topological polar surface area (TPSA) is 116 Å². The fourth-order valence-electron chi connectivity index (χ4n) is 4.07. The summed E-state index contributed by atoms with van der Waals surface area (Å²) in [5.41, 5.74) is 0.285. The average molecular weight is 463 g/mol. The van der Waals surface area contributed by atoms with E-state index < -0.39 is 17.4 Å². The van der Waals surface area contributed by atoms with E-state index in [1.54, 1.807) is 32.5 Å². The molecule has 3 aromatic rings. The molecule has 0 unspecified atom stereocenters. The van der Waals surface area contributed by atoms with Crippen LogP contribution in [-0.4, -0.2) is 57.0 Å². The molecule has 0 saturated heterocycles. The Morgan fingerprint density at radius 1 is 1.18 bits per heavy atom. The van der Waals surface area contributed by atoms with Crippen LogP contribution in [0.15, 0.2) is 55.1 Å². The van der Waals surface area contributed by atoms with E-state index in [4.69, 9.17) is 9.47 Å². The van der Waals surface area contributed by atoms with Gasteiger partial charge in [0.15, 0.2) is 5.69 Å².